The van der Waals surface area contributed by atoms with Gasteiger partial charge in [0.2, 0.25) is 0 Å². The molecule has 0 atom stereocenters. The molecule has 0 aliphatic heterocycles. The lowest BCUT2D eigenvalue weighted by Crippen LogP contribution is -2.23. The van der Waals surface area contributed by atoms with Crippen LogP contribution in [0.25, 0.3) is 11.3 Å². The van der Waals surface area contributed by atoms with Crippen LogP contribution in [0.1, 0.15) is 27.5 Å². The highest BCUT2D eigenvalue weighted by Crippen LogP contribution is 2.24. The first kappa shape index (κ1) is 14.1. The van der Waals surface area contributed by atoms with E-state index in [0.29, 0.717) is 18.0 Å². The zero-order valence-electron chi connectivity index (χ0n) is 12.4. The van der Waals surface area contributed by atoms with Gasteiger partial charge in [-0.25, -0.2) is 0 Å². The first-order valence-electron chi connectivity index (χ1n) is 6.96. The fourth-order valence-corrected chi connectivity index (χ4v) is 2.22. The van der Waals surface area contributed by atoms with E-state index in [1.165, 1.54) is 0 Å². The lowest BCUT2D eigenvalue weighted by atomic mass is 10.1. The molecule has 0 bridgehead atoms. The van der Waals surface area contributed by atoms with E-state index in [0.717, 1.165) is 22.5 Å². The zero-order valence-corrected chi connectivity index (χ0v) is 12.4. The van der Waals surface area contributed by atoms with E-state index in [-0.39, 0.29) is 5.91 Å². The molecule has 0 radical (unpaired) electrons. The molecule has 1 amide bonds. The van der Waals surface area contributed by atoms with Crippen molar-refractivity contribution in [2.75, 3.05) is 0 Å². The summed E-state index contributed by atoms with van der Waals surface area (Å²) in [6, 6.07) is 11.4. The Kier molecular flexibility index (Phi) is 3.74. The first-order chi connectivity index (χ1) is 10.6. The minimum Gasteiger partial charge on any atom is -0.361 e. The summed E-state index contributed by atoms with van der Waals surface area (Å²) in [5.41, 5.74) is 3.78. The maximum atomic E-state index is 12.1. The Morgan fingerprint density at radius 1 is 1.27 bits per heavy atom. The van der Waals surface area contributed by atoms with E-state index in [1.54, 1.807) is 6.07 Å². The second kappa shape index (κ2) is 5.85. The molecule has 2 heterocycles. The summed E-state index contributed by atoms with van der Waals surface area (Å²) in [5.74, 6) is 0.460. The maximum Gasteiger partial charge on any atom is 0.272 e. The van der Waals surface area contributed by atoms with Crippen molar-refractivity contribution in [3.63, 3.8) is 0 Å². The maximum absolute atomic E-state index is 12.1. The molecule has 0 fully saturated rings. The van der Waals surface area contributed by atoms with Gasteiger partial charge in [-0.3, -0.25) is 9.89 Å². The Labute approximate surface area is 127 Å². The molecule has 3 rings (SSSR count). The molecule has 0 saturated heterocycles. The summed E-state index contributed by atoms with van der Waals surface area (Å²) in [4.78, 5) is 12.1. The van der Waals surface area contributed by atoms with Gasteiger partial charge in [-0.15, -0.1) is 0 Å². The number of benzene rings is 1. The number of nitrogens with zero attached hydrogens (tertiary/aromatic N) is 2. The average Bonchev–Trinajstić information content (AvgIpc) is 3.12. The highest BCUT2D eigenvalue weighted by Gasteiger charge is 2.16. The van der Waals surface area contributed by atoms with Crippen molar-refractivity contribution in [2.45, 2.75) is 20.4 Å². The molecule has 22 heavy (non-hydrogen) atoms. The third-order valence-electron chi connectivity index (χ3n) is 3.40. The number of aromatic amines is 1. The molecule has 0 spiro atoms. The Morgan fingerprint density at radius 3 is 2.73 bits per heavy atom. The van der Waals surface area contributed by atoms with E-state index >= 15 is 0 Å². The van der Waals surface area contributed by atoms with Crippen LogP contribution < -0.4 is 5.32 Å². The lowest BCUT2D eigenvalue weighted by Gasteiger charge is -2.04. The van der Waals surface area contributed by atoms with Crippen molar-refractivity contribution < 1.29 is 9.32 Å². The summed E-state index contributed by atoms with van der Waals surface area (Å²) in [7, 11) is 0. The van der Waals surface area contributed by atoms with Crippen LogP contribution in [-0.2, 0) is 6.54 Å². The second-order valence-corrected chi connectivity index (χ2v) is 5.05. The molecule has 0 aliphatic carbocycles. The standard InChI is InChI=1S/C16H16N4O2/c1-10-8-14(19-18-10)16(21)17-9-13-11(2)22-20-15(13)12-6-4-3-5-7-12/h3-8H,9H2,1-2H3,(H,17,21)(H,18,19). The number of rotatable bonds is 4. The van der Waals surface area contributed by atoms with Crippen molar-refractivity contribution in [3.8, 4) is 11.3 Å². The second-order valence-electron chi connectivity index (χ2n) is 5.05. The number of H-pyrrole nitrogens is 1. The fraction of sp³-hybridized carbons (Fsp3) is 0.188. The van der Waals surface area contributed by atoms with Crippen LogP contribution in [0.3, 0.4) is 0 Å². The zero-order chi connectivity index (χ0) is 15.5. The van der Waals surface area contributed by atoms with Crippen molar-refractivity contribution in [1.29, 1.82) is 0 Å². The van der Waals surface area contributed by atoms with Gasteiger partial charge in [-0.05, 0) is 19.9 Å². The van der Waals surface area contributed by atoms with Crippen molar-refractivity contribution in [1.82, 2.24) is 20.7 Å². The number of carbonyl (C=O) groups excluding carboxylic acids is 1. The third kappa shape index (κ3) is 2.76. The van der Waals surface area contributed by atoms with Crippen LogP contribution in [0, 0.1) is 13.8 Å². The minimum atomic E-state index is -0.232. The number of carbonyl (C=O) groups is 1. The van der Waals surface area contributed by atoms with Gasteiger partial charge in [0.25, 0.3) is 5.91 Å². The molecule has 3 aromatic rings. The van der Waals surface area contributed by atoms with Crippen molar-refractivity contribution in [2.24, 2.45) is 0 Å². The highest BCUT2D eigenvalue weighted by molar-refractivity contribution is 5.92. The largest absolute Gasteiger partial charge is 0.361 e. The molecule has 2 aromatic heterocycles. The monoisotopic (exact) mass is 296 g/mol. The van der Waals surface area contributed by atoms with Gasteiger partial charge in [0.05, 0.1) is 0 Å². The number of hydrogen-bond donors (Lipinski definition) is 2. The third-order valence-corrected chi connectivity index (χ3v) is 3.40. The Balaban J connectivity index is 1.78. The van der Waals surface area contributed by atoms with Crippen molar-refractivity contribution in [3.05, 3.63) is 59.1 Å². The summed E-state index contributed by atoms with van der Waals surface area (Å²) in [5, 5.41) is 13.6. The lowest BCUT2D eigenvalue weighted by molar-refractivity contribution is 0.0946. The number of aromatic nitrogens is 3. The molecular weight excluding hydrogens is 280 g/mol. The fourth-order valence-electron chi connectivity index (χ4n) is 2.22. The number of nitrogens with one attached hydrogen (secondary N) is 2. The first-order valence-corrected chi connectivity index (χ1v) is 6.96. The molecule has 112 valence electrons. The molecule has 6 heteroatoms. The minimum absolute atomic E-state index is 0.232. The van der Waals surface area contributed by atoms with Crippen LogP contribution >= 0.6 is 0 Å². The van der Waals surface area contributed by atoms with Crippen LogP contribution in [0.5, 0.6) is 0 Å². The van der Waals surface area contributed by atoms with E-state index in [2.05, 4.69) is 20.7 Å². The predicted molar refractivity (Wildman–Crippen MR) is 81.2 cm³/mol. The normalized spacial score (nSPS) is 10.6. The smallest absolute Gasteiger partial charge is 0.272 e. The Hall–Kier alpha value is -2.89. The van der Waals surface area contributed by atoms with Crippen LogP contribution in [0.2, 0.25) is 0 Å². The SMILES string of the molecule is Cc1cc(C(=O)NCc2c(-c3ccccc3)noc2C)n[nH]1. The van der Waals surface area contributed by atoms with E-state index in [1.807, 2.05) is 44.2 Å². The molecule has 0 unspecified atom stereocenters. The van der Waals surface area contributed by atoms with Gasteiger partial charge in [0.15, 0.2) is 0 Å². The average molecular weight is 296 g/mol. The molecule has 0 aliphatic rings. The van der Waals surface area contributed by atoms with Crippen molar-refractivity contribution >= 4 is 5.91 Å². The molecule has 6 nitrogen and oxygen atoms in total. The quantitative estimate of drug-likeness (QED) is 0.775. The van der Waals surface area contributed by atoms with Gasteiger partial charge in [0.1, 0.15) is 17.1 Å². The summed E-state index contributed by atoms with van der Waals surface area (Å²) >= 11 is 0. The molecule has 0 saturated carbocycles. The molecule has 1 aromatic carbocycles. The van der Waals surface area contributed by atoms with E-state index in [4.69, 9.17) is 4.52 Å². The Bertz CT molecular complexity index is 790. The molecular formula is C16H16N4O2. The summed E-state index contributed by atoms with van der Waals surface area (Å²) < 4.78 is 5.27. The van der Waals surface area contributed by atoms with Gasteiger partial charge in [-0.2, -0.15) is 5.10 Å². The number of hydrogen-bond acceptors (Lipinski definition) is 4. The topological polar surface area (TPSA) is 83.8 Å². The Morgan fingerprint density at radius 2 is 2.05 bits per heavy atom. The van der Waals surface area contributed by atoms with Crippen LogP contribution in [-0.4, -0.2) is 21.3 Å². The number of aryl methyl sites for hydroxylation is 2. The van der Waals surface area contributed by atoms with Gasteiger partial charge >= 0.3 is 0 Å². The van der Waals surface area contributed by atoms with Crippen LogP contribution in [0.4, 0.5) is 0 Å². The molecule has 2 N–H and O–H groups in total. The summed E-state index contributed by atoms with van der Waals surface area (Å²) in [6.07, 6.45) is 0. The number of amides is 1. The van der Waals surface area contributed by atoms with Gasteiger partial charge < -0.3 is 9.84 Å². The van der Waals surface area contributed by atoms with Gasteiger partial charge in [0, 0.05) is 23.4 Å². The van der Waals surface area contributed by atoms with E-state index < -0.39 is 0 Å². The van der Waals surface area contributed by atoms with Crippen LogP contribution in [0.15, 0.2) is 40.9 Å². The van der Waals surface area contributed by atoms with Gasteiger partial charge in [-0.1, -0.05) is 35.5 Å². The van der Waals surface area contributed by atoms with E-state index in [9.17, 15) is 4.79 Å². The summed E-state index contributed by atoms with van der Waals surface area (Å²) in [6.45, 7) is 4.02. The highest BCUT2D eigenvalue weighted by atomic mass is 16.5. The predicted octanol–water partition coefficient (Wildman–Crippen LogP) is 2.61.